The number of anilines is 1. The summed E-state index contributed by atoms with van der Waals surface area (Å²) >= 11 is 0. The molecule has 2 aromatic heterocycles. The van der Waals surface area contributed by atoms with E-state index in [0.717, 1.165) is 5.69 Å². The third-order valence-corrected chi connectivity index (χ3v) is 4.81. The zero-order valence-electron chi connectivity index (χ0n) is 12.1. The van der Waals surface area contributed by atoms with Crippen molar-refractivity contribution in [3.05, 3.63) is 72.6 Å². The fourth-order valence-electron chi connectivity index (χ4n) is 1.96. The van der Waals surface area contributed by atoms with E-state index in [2.05, 4.69) is 20.5 Å². The molecule has 1 N–H and O–H groups in total. The Morgan fingerprint density at radius 3 is 2.30 bits per heavy atom. The molecule has 2 heterocycles. The predicted molar refractivity (Wildman–Crippen MR) is 85.5 cm³/mol. The van der Waals surface area contributed by atoms with Crippen molar-refractivity contribution < 1.29 is 8.42 Å². The van der Waals surface area contributed by atoms with E-state index in [0.29, 0.717) is 12.4 Å². The largest absolute Gasteiger partial charge is 0.363 e. The highest BCUT2D eigenvalue weighted by atomic mass is 32.2. The van der Waals surface area contributed by atoms with Gasteiger partial charge in [0.25, 0.3) is 0 Å². The number of nitrogens with one attached hydrogen (secondary N) is 1. The van der Waals surface area contributed by atoms with E-state index >= 15 is 0 Å². The standard InChI is InChI=1S/C16H14N4O2S/c21-23(22,14-7-2-1-3-8-14)16-10-9-15(19-20-16)18-12-13-6-4-5-11-17-13/h1-11H,12H2,(H,18,19). The molecule has 0 amide bonds. The van der Waals surface area contributed by atoms with Gasteiger partial charge in [-0.3, -0.25) is 4.98 Å². The van der Waals surface area contributed by atoms with Gasteiger partial charge in [-0.25, -0.2) is 8.42 Å². The fraction of sp³-hybridized carbons (Fsp3) is 0.0625. The van der Waals surface area contributed by atoms with Crippen molar-refractivity contribution in [1.29, 1.82) is 0 Å². The first-order valence-corrected chi connectivity index (χ1v) is 8.42. The molecule has 0 aliphatic carbocycles. The third-order valence-electron chi connectivity index (χ3n) is 3.15. The van der Waals surface area contributed by atoms with Crippen LogP contribution in [0.15, 0.2) is 76.8 Å². The SMILES string of the molecule is O=S(=O)(c1ccccc1)c1ccc(NCc2ccccn2)nn1. The first-order chi connectivity index (χ1) is 11.2. The van der Waals surface area contributed by atoms with Crippen LogP contribution in [0.25, 0.3) is 0 Å². The monoisotopic (exact) mass is 326 g/mol. The van der Waals surface area contributed by atoms with Crippen molar-refractivity contribution in [3.8, 4) is 0 Å². The molecule has 0 unspecified atom stereocenters. The smallest absolute Gasteiger partial charge is 0.225 e. The topological polar surface area (TPSA) is 84.8 Å². The number of benzene rings is 1. The molecule has 6 nitrogen and oxygen atoms in total. The van der Waals surface area contributed by atoms with Gasteiger partial charge in [0.05, 0.1) is 17.1 Å². The average molecular weight is 326 g/mol. The Hall–Kier alpha value is -2.80. The second-order valence-corrected chi connectivity index (χ2v) is 6.64. The highest BCUT2D eigenvalue weighted by molar-refractivity contribution is 7.91. The lowest BCUT2D eigenvalue weighted by molar-refractivity contribution is 0.590. The molecule has 1 aromatic carbocycles. The van der Waals surface area contributed by atoms with Gasteiger partial charge < -0.3 is 5.32 Å². The second-order valence-electron chi connectivity index (χ2n) is 4.75. The molecular formula is C16H14N4O2S. The van der Waals surface area contributed by atoms with E-state index in [1.54, 1.807) is 30.5 Å². The Bertz CT molecular complexity index is 867. The van der Waals surface area contributed by atoms with Crippen LogP contribution >= 0.6 is 0 Å². The van der Waals surface area contributed by atoms with Gasteiger partial charge in [-0.1, -0.05) is 24.3 Å². The Morgan fingerprint density at radius 1 is 0.870 bits per heavy atom. The summed E-state index contributed by atoms with van der Waals surface area (Å²) in [4.78, 5) is 4.38. The molecule has 0 saturated heterocycles. The van der Waals surface area contributed by atoms with E-state index in [1.807, 2.05) is 18.2 Å². The summed E-state index contributed by atoms with van der Waals surface area (Å²) in [6.45, 7) is 0.486. The highest BCUT2D eigenvalue weighted by Crippen LogP contribution is 2.18. The predicted octanol–water partition coefficient (Wildman–Crippen LogP) is 2.32. The maximum absolute atomic E-state index is 12.4. The minimum atomic E-state index is -3.64. The molecule has 0 radical (unpaired) electrons. The van der Waals surface area contributed by atoms with Crippen LogP contribution in [0.2, 0.25) is 0 Å². The maximum Gasteiger partial charge on any atom is 0.225 e. The Kier molecular flexibility index (Phi) is 4.29. The molecule has 0 spiro atoms. The van der Waals surface area contributed by atoms with Crippen LogP contribution in [0.4, 0.5) is 5.82 Å². The van der Waals surface area contributed by atoms with Crippen molar-refractivity contribution in [2.24, 2.45) is 0 Å². The van der Waals surface area contributed by atoms with Crippen molar-refractivity contribution in [1.82, 2.24) is 15.2 Å². The maximum atomic E-state index is 12.4. The lowest BCUT2D eigenvalue weighted by Gasteiger charge is -2.06. The molecule has 0 atom stereocenters. The van der Waals surface area contributed by atoms with Crippen LogP contribution in [-0.4, -0.2) is 23.6 Å². The zero-order chi connectivity index (χ0) is 16.1. The first-order valence-electron chi connectivity index (χ1n) is 6.94. The summed E-state index contributed by atoms with van der Waals surface area (Å²) in [6.07, 6.45) is 1.71. The number of nitrogens with zero attached hydrogens (tertiary/aromatic N) is 3. The van der Waals surface area contributed by atoms with Crippen LogP contribution in [0.1, 0.15) is 5.69 Å². The van der Waals surface area contributed by atoms with Crippen LogP contribution in [0.5, 0.6) is 0 Å². The molecule has 3 rings (SSSR count). The number of pyridine rings is 1. The molecule has 0 saturated carbocycles. The summed E-state index contributed by atoms with van der Waals surface area (Å²) in [5, 5.41) is 10.7. The highest BCUT2D eigenvalue weighted by Gasteiger charge is 2.19. The first kappa shape index (κ1) is 15.1. The Balaban J connectivity index is 1.75. The fourth-order valence-corrected chi connectivity index (χ4v) is 3.11. The molecule has 116 valence electrons. The van der Waals surface area contributed by atoms with Gasteiger partial charge in [0.15, 0.2) is 5.03 Å². The summed E-state index contributed by atoms with van der Waals surface area (Å²) in [7, 11) is -3.64. The summed E-state index contributed by atoms with van der Waals surface area (Å²) in [5.74, 6) is 0.489. The number of hydrogen-bond acceptors (Lipinski definition) is 6. The third kappa shape index (κ3) is 3.51. The zero-order valence-corrected chi connectivity index (χ0v) is 12.9. The van der Waals surface area contributed by atoms with Gasteiger partial charge in [-0.05, 0) is 36.4 Å². The van der Waals surface area contributed by atoms with E-state index in [4.69, 9.17) is 0 Å². The summed E-state index contributed by atoms with van der Waals surface area (Å²) < 4.78 is 24.8. The minimum Gasteiger partial charge on any atom is -0.363 e. The van der Waals surface area contributed by atoms with Gasteiger partial charge >= 0.3 is 0 Å². The second kappa shape index (κ2) is 6.53. The number of rotatable bonds is 5. The lowest BCUT2D eigenvalue weighted by Crippen LogP contribution is -2.08. The van der Waals surface area contributed by atoms with Gasteiger partial charge in [0, 0.05) is 6.20 Å². The Morgan fingerprint density at radius 2 is 1.65 bits per heavy atom. The van der Waals surface area contributed by atoms with Gasteiger partial charge in [-0.2, -0.15) is 0 Å². The minimum absolute atomic E-state index is 0.0768. The van der Waals surface area contributed by atoms with E-state index in [9.17, 15) is 8.42 Å². The lowest BCUT2D eigenvalue weighted by atomic mass is 10.3. The average Bonchev–Trinajstić information content (AvgIpc) is 2.62. The molecular weight excluding hydrogens is 312 g/mol. The van der Waals surface area contributed by atoms with E-state index in [1.165, 1.54) is 18.2 Å². The Labute approximate surface area is 134 Å². The molecule has 23 heavy (non-hydrogen) atoms. The summed E-state index contributed by atoms with van der Waals surface area (Å²) in [6, 6.07) is 16.8. The van der Waals surface area contributed by atoms with Gasteiger partial charge in [0.1, 0.15) is 5.82 Å². The van der Waals surface area contributed by atoms with Crippen molar-refractivity contribution >= 4 is 15.7 Å². The molecule has 7 heteroatoms. The van der Waals surface area contributed by atoms with Crippen LogP contribution < -0.4 is 5.32 Å². The summed E-state index contributed by atoms with van der Waals surface area (Å²) in [5.41, 5.74) is 0.857. The van der Waals surface area contributed by atoms with Gasteiger partial charge in [-0.15, -0.1) is 10.2 Å². The quantitative estimate of drug-likeness (QED) is 0.774. The van der Waals surface area contributed by atoms with Gasteiger partial charge in [0.2, 0.25) is 9.84 Å². The molecule has 0 aliphatic rings. The van der Waals surface area contributed by atoms with Crippen LogP contribution in [-0.2, 0) is 16.4 Å². The molecule has 3 aromatic rings. The van der Waals surface area contributed by atoms with E-state index < -0.39 is 9.84 Å². The number of hydrogen-bond donors (Lipinski definition) is 1. The van der Waals surface area contributed by atoms with Crippen molar-refractivity contribution in [3.63, 3.8) is 0 Å². The molecule has 0 bridgehead atoms. The van der Waals surface area contributed by atoms with Crippen molar-refractivity contribution in [2.45, 2.75) is 16.5 Å². The van der Waals surface area contributed by atoms with Crippen molar-refractivity contribution in [2.75, 3.05) is 5.32 Å². The van der Waals surface area contributed by atoms with E-state index in [-0.39, 0.29) is 9.92 Å². The van der Waals surface area contributed by atoms with Crippen LogP contribution in [0, 0.1) is 0 Å². The number of aromatic nitrogens is 3. The molecule has 0 fully saturated rings. The van der Waals surface area contributed by atoms with Crippen LogP contribution in [0.3, 0.4) is 0 Å². The number of sulfone groups is 1. The normalized spacial score (nSPS) is 11.1. The molecule has 0 aliphatic heterocycles.